The van der Waals surface area contributed by atoms with Gasteiger partial charge in [0.05, 0.1) is 53.4 Å². The van der Waals surface area contributed by atoms with E-state index in [1.54, 1.807) is 26.2 Å². The highest BCUT2D eigenvalue weighted by molar-refractivity contribution is 7.99. The van der Waals surface area contributed by atoms with E-state index in [1.165, 1.54) is 17.8 Å². The third-order valence-electron chi connectivity index (χ3n) is 5.69. The maximum absolute atomic E-state index is 12.2. The van der Waals surface area contributed by atoms with Crippen LogP contribution in [-0.2, 0) is 21.0 Å². The molecule has 0 unspecified atom stereocenters. The Kier molecular flexibility index (Phi) is 7.89. The summed E-state index contributed by atoms with van der Waals surface area (Å²) in [6.45, 7) is 7.47. The van der Waals surface area contributed by atoms with Crippen molar-refractivity contribution in [2.45, 2.75) is 48.2 Å². The predicted octanol–water partition coefficient (Wildman–Crippen LogP) is 3.93. The van der Waals surface area contributed by atoms with Gasteiger partial charge in [0, 0.05) is 23.6 Å². The molecule has 1 N–H and O–H groups in total. The summed E-state index contributed by atoms with van der Waals surface area (Å²) in [5.74, 6) is 1.29. The molecule has 4 rings (SSSR count). The van der Waals surface area contributed by atoms with Gasteiger partial charge in [-0.1, -0.05) is 18.5 Å². The maximum atomic E-state index is 12.2. The molecule has 35 heavy (non-hydrogen) atoms. The summed E-state index contributed by atoms with van der Waals surface area (Å²) in [6, 6.07) is 6.80. The van der Waals surface area contributed by atoms with Crippen LogP contribution in [0.5, 0.6) is 5.75 Å². The Bertz CT molecular complexity index is 1320. The van der Waals surface area contributed by atoms with Crippen LogP contribution in [-0.4, -0.2) is 67.2 Å². The van der Waals surface area contributed by atoms with E-state index in [4.69, 9.17) is 31.0 Å². The van der Waals surface area contributed by atoms with Crippen molar-refractivity contribution >= 4 is 39.0 Å². The molecule has 1 aromatic carbocycles. The normalized spacial score (nSPS) is 16.5. The van der Waals surface area contributed by atoms with Crippen molar-refractivity contribution in [1.29, 1.82) is 0 Å². The van der Waals surface area contributed by atoms with Gasteiger partial charge in [0.2, 0.25) is 0 Å². The fourth-order valence-electron chi connectivity index (χ4n) is 3.83. The zero-order valence-electron chi connectivity index (χ0n) is 20.0. The number of sulfone groups is 1. The zero-order valence-corrected chi connectivity index (χ0v) is 22.4. The summed E-state index contributed by atoms with van der Waals surface area (Å²) < 4.78 is 35.9. The lowest BCUT2D eigenvalue weighted by Gasteiger charge is -2.35. The van der Waals surface area contributed by atoms with E-state index in [1.807, 2.05) is 13.0 Å². The Morgan fingerprint density at radius 3 is 2.74 bits per heavy atom. The molecule has 188 valence electrons. The number of rotatable bonds is 8. The average Bonchev–Trinajstić information content (AvgIpc) is 3.24. The number of methoxy groups -OCH3 is 1. The smallest absolute Gasteiger partial charge is 0.194 e. The molecule has 2 aromatic heterocycles. The molecule has 12 heteroatoms. The summed E-state index contributed by atoms with van der Waals surface area (Å²) in [4.78, 5) is 12.6. The molecule has 1 saturated heterocycles. The fourth-order valence-corrected chi connectivity index (χ4v) is 5.88. The minimum Gasteiger partial charge on any atom is -0.491 e. The molecule has 0 radical (unpaired) electrons. The number of aromatic amines is 1. The van der Waals surface area contributed by atoms with Gasteiger partial charge >= 0.3 is 0 Å². The van der Waals surface area contributed by atoms with Gasteiger partial charge in [-0.15, -0.1) is 0 Å². The second-order valence-electron chi connectivity index (χ2n) is 8.24. The van der Waals surface area contributed by atoms with E-state index in [-0.39, 0.29) is 16.7 Å². The Morgan fingerprint density at radius 2 is 2.11 bits per heavy atom. The standard InChI is InChI=1S/C23H28ClN5O4S2/c1-5-35(30,31)17-6-7-20(18(24)12-17)34-23-25-19(11-16-10-14(2)27-28-16)21(32-4)22(26-23)29-8-9-33-13-15(29)3/h6-7,10,12,15H,5,8-9,11,13H2,1-4H3,(H,27,28)/t15-/m0/s1. The number of nitrogens with one attached hydrogen (secondary N) is 1. The second kappa shape index (κ2) is 10.7. The summed E-state index contributed by atoms with van der Waals surface area (Å²) >= 11 is 7.76. The molecule has 1 aliphatic heterocycles. The number of anilines is 1. The maximum Gasteiger partial charge on any atom is 0.194 e. The zero-order chi connectivity index (χ0) is 25.2. The lowest BCUT2D eigenvalue weighted by molar-refractivity contribution is 0.0981. The van der Waals surface area contributed by atoms with Gasteiger partial charge in [-0.25, -0.2) is 18.4 Å². The molecule has 9 nitrogen and oxygen atoms in total. The lowest BCUT2D eigenvalue weighted by Crippen LogP contribution is -2.44. The molecule has 1 fully saturated rings. The van der Waals surface area contributed by atoms with Crippen molar-refractivity contribution in [3.8, 4) is 5.75 Å². The van der Waals surface area contributed by atoms with Gasteiger partial charge in [-0.3, -0.25) is 5.10 Å². The summed E-state index contributed by atoms with van der Waals surface area (Å²) in [7, 11) is -1.74. The predicted molar refractivity (Wildman–Crippen MR) is 136 cm³/mol. The van der Waals surface area contributed by atoms with Crippen molar-refractivity contribution in [2.24, 2.45) is 0 Å². The molecule has 0 spiro atoms. The van der Waals surface area contributed by atoms with E-state index < -0.39 is 9.84 Å². The molecular formula is C23H28ClN5O4S2. The first-order valence-corrected chi connectivity index (χ1v) is 14.1. The number of hydrogen-bond donors (Lipinski definition) is 1. The summed E-state index contributed by atoms with van der Waals surface area (Å²) in [6.07, 6.45) is 0.455. The van der Waals surface area contributed by atoms with Crippen molar-refractivity contribution in [2.75, 3.05) is 37.5 Å². The number of aromatic nitrogens is 4. The van der Waals surface area contributed by atoms with Gasteiger partial charge in [-0.05, 0) is 49.9 Å². The number of nitrogens with zero attached hydrogens (tertiary/aromatic N) is 4. The first-order chi connectivity index (χ1) is 16.7. The van der Waals surface area contributed by atoms with Crippen LogP contribution in [0.3, 0.4) is 0 Å². The highest BCUT2D eigenvalue weighted by Crippen LogP contribution is 2.38. The van der Waals surface area contributed by atoms with Crippen LogP contribution in [0, 0.1) is 6.92 Å². The Morgan fingerprint density at radius 1 is 1.31 bits per heavy atom. The van der Waals surface area contributed by atoms with Crippen molar-refractivity contribution in [1.82, 2.24) is 20.2 Å². The van der Waals surface area contributed by atoms with Gasteiger partial charge in [0.1, 0.15) is 0 Å². The van der Waals surface area contributed by atoms with Crippen LogP contribution in [0.1, 0.15) is 30.9 Å². The third-order valence-corrected chi connectivity index (χ3v) is 8.79. The van der Waals surface area contributed by atoms with Gasteiger partial charge in [0.15, 0.2) is 26.6 Å². The van der Waals surface area contributed by atoms with Crippen LogP contribution in [0.25, 0.3) is 0 Å². The molecule has 3 heterocycles. The van der Waals surface area contributed by atoms with Gasteiger partial charge < -0.3 is 14.4 Å². The molecule has 0 amide bonds. The van der Waals surface area contributed by atoms with Crippen LogP contribution in [0.2, 0.25) is 5.02 Å². The topological polar surface area (TPSA) is 110 Å². The van der Waals surface area contributed by atoms with Crippen molar-refractivity contribution in [3.05, 3.63) is 46.4 Å². The fraction of sp³-hybridized carbons (Fsp3) is 0.435. The highest BCUT2D eigenvalue weighted by atomic mass is 35.5. The third kappa shape index (κ3) is 5.74. The first kappa shape index (κ1) is 25.7. The SMILES string of the molecule is CCS(=O)(=O)c1ccc(Sc2nc(Cc3cc(C)[nH]n3)c(OC)c(N3CCOC[C@@H]3C)n2)c(Cl)c1. The minimum atomic E-state index is -3.36. The van der Waals surface area contributed by atoms with E-state index in [2.05, 4.69) is 22.0 Å². The number of ether oxygens (including phenoxy) is 2. The van der Waals surface area contributed by atoms with Crippen molar-refractivity contribution in [3.63, 3.8) is 0 Å². The number of aryl methyl sites for hydroxylation is 1. The van der Waals surface area contributed by atoms with E-state index >= 15 is 0 Å². The molecule has 0 saturated carbocycles. The number of H-pyrrole nitrogens is 1. The second-order valence-corrected chi connectivity index (χ2v) is 11.9. The average molecular weight is 538 g/mol. The molecule has 1 atom stereocenters. The van der Waals surface area contributed by atoms with Gasteiger partial charge in [-0.2, -0.15) is 5.10 Å². The molecule has 0 bridgehead atoms. The lowest BCUT2D eigenvalue weighted by atomic mass is 10.2. The van der Waals surface area contributed by atoms with Gasteiger partial charge in [0.25, 0.3) is 0 Å². The van der Waals surface area contributed by atoms with Crippen LogP contribution >= 0.6 is 23.4 Å². The minimum absolute atomic E-state index is 0.00846. The molecule has 0 aliphatic carbocycles. The monoisotopic (exact) mass is 537 g/mol. The van der Waals surface area contributed by atoms with E-state index in [0.717, 1.165) is 11.4 Å². The molecule has 3 aromatic rings. The van der Waals surface area contributed by atoms with Crippen LogP contribution in [0.15, 0.2) is 39.2 Å². The Labute approximate surface area is 214 Å². The Hall–Kier alpha value is -2.34. The quantitative estimate of drug-likeness (QED) is 0.427. The molecular weight excluding hydrogens is 510 g/mol. The first-order valence-electron chi connectivity index (χ1n) is 11.2. The van der Waals surface area contributed by atoms with E-state index in [0.29, 0.717) is 58.5 Å². The largest absolute Gasteiger partial charge is 0.491 e. The number of benzene rings is 1. The molecule has 1 aliphatic rings. The van der Waals surface area contributed by atoms with E-state index in [9.17, 15) is 8.42 Å². The summed E-state index contributed by atoms with van der Waals surface area (Å²) in [5.41, 5.74) is 2.49. The Balaban J connectivity index is 1.76. The van der Waals surface area contributed by atoms with Crippen LogP contribution in [0.4, 0.5) is 5.82 Å². The highest BCUT2D eigenvalue weighted by Gasteiger charge is 2.27. The van der Waals surface area contributed by atoms with Crippen molar-refractivity contribution < 1.29 is 17.9 Å². The summed E-state index contributed by atoms with van der Waals surface area (Å²) in [5, 5.41) is 8.13. The number of hydrogen-bond acceptors (Lipinski definition) is 9. The van der Waals surface area contributed by atoms with Crippen LogP contribution < -0.4 is 9.64 Å². The number of morpholine rings is 1. The number of halogens is 1.